The largest absolute Gasteiger partial charge is 0.456 e. The average molecular weight is 720 g/mol. The molecule has 0 spiro atoms. The lowest BCUT2D eigenvalue weighted by molar-refractivity contribution is 0.669. The van der Waals surface area contributed by atoms with Crippen molar-refractivity contribution < 1.29 is 4.42 Å². The average Bonchev–Trinajstić information content (AvgIpc) is 3.82. The van der Waals surface area contributed by atoms with E-state index in [1.807, 2.05) is 23.5 Å². The van der Waals surface area contributed by atoms with E-state index in [0.717, 1.165) is 44.6 Å². The van der Waals surface area contributed by atoms with Crippen LogP contribution in [0, 0.1) is 0 Å². The fourth-order valence-electron chi connectivity index (χ4n) is 8.38. The molecule has 0 fully saturated rings. The highest BCUT2D eigenvalue weighted by molar-refractivity contribution is 7.25. The molecule has 0 aliphatic heterocycles. The molecule has 0 saturated carbocycles. The number of anilines is 3. The molecule has 55 heavy (non-hydrogen) atoms. The monoisotopic (exact) mass is 719 g/mol. The fourth-order valence-corrected chi connectivity index (χ4v) is 9.51. The van der Waals surface area contributed by atoms with Crippen molar-refractivity contribution in [3.8, 4) is 33.4 Å². The van der Waals surface area contributed by atoms with Gasteiger partial charge in [0.15, 0.2) is 0 Å². The highest BCUT2D eigenvalue weighted by Gasteiger charge is 2.24. The van der Waals surface area contributed by atoms with Crippen LogP contribution in [-0.4, -0.2) is 0 Å². The van der Waals surface area contributed by atoms with E-state index in [1.54, 1.807) is 0 Å². The Labute approximate surface area is 322 Å². The van der Waals surface area contributed by atoms with Crippen LogP contribution in [0.3, 0.4) is 0 Å². The molecule has 0 radical (unpaired) electrons. The fraction of sp³-hybridized carbons (Fsp3) is 0. The van der Waals surface area contributed by atoms with Crippen molar-refractivity contribution in [1.82, 2.24) is 0 Å². The molecular weight excluding hydrogens is 687 g/mol. The van der Waals surface area contributed by atoms with Crippen molar-refractivity contribution in [3.05, 3.63) is 200 Å². The van der Waals surface area contributed by atoms with Crippen LogP contribution in [-0.2, 0) is 0 Å². The van der Waals surface area contributed by atoms with Crippen LogP contribution in [0.4, 0.5) is 17.1 Å². The summed E-state index contributed by atoms with van der Waals surface area (Å²) >= 11 is 1.85. The van der Waals surface area contributed by atoms with Gasteiger partial charge < -0.3 is 9.32 Å². The van der Waals surface area contributed by atoms with Crippen LogP contribution in [0.5, 0.6) is 0 Å². The van der Waals surface area contributed by atoms with Gasteiger partial charge in [0.1, 0.15) is 11.2 Å². The van der Waals surface area contributed by atoms with Gasteiger partial charge in [0, 0.05) is 53.8 Å². The van der Waals surface area contributed by atoms with Gasteiger partial charge in [0.2, 0.25) is 0 Å². The van der Waals surface area contributed by atoms with Gasteiger partial charge in [-0.05, 0) is 81.6 Å². The summed E-state index contributed by atoms with van der Waals surface area (Å²) in [5.41, 5.74) is 12.0. The quantitative estimate of drug-likeness (QED) is 0.170. The molecule has 0 unspecified atom stereocenters. The molecule has 258 valence electrons. The second-order valence-corrected chi connectivity index (χ2v) is 15.1. The standard InChI is InChI=1S/C52H33NOS/c1-2-15-35-32-36(29-28-34(35)14-1)38-16-3-4-17-39(38)40-18-5-9-23-46(40)53(37-30-31-43-42-20-7-11-25-48(42)54-49(43)33-37)47-24-10-6-19-41(47)44-22-13-27-51-52(44)45-21-8-12-26-50(45)55-51/h1-33H. The summed E-state index contributed by atoms with van der Waals surface area (Å²) in [6, 6.07) is 72.3. The predicted octanol–water partition coefficient (Wildman–Crippen LogP) is 15.6. The van der Waals surface area contributed by atoms with Gasteiger partial charge in [-0.1, -0.05) is 146 Å². The van der Waals surface area contributed by atoms with Gasteiger partial charge in [-0.25, -0.2) is 0 Å². The maximum absolute atomic E-state index is 6.53. The van der Waals surface area contributed by atoms with E-state index in [-0.39, 0.29) is 0 Å². The highest BCUT2D eigenvalue weighted by atomic mass is 32.1. The molecule has 2 aromatic heterocycles. The molecule has 2 nitrogen and oxygen atoms in total. The van der Waals surface area contributed by atoms with Crippen molar-refractivity contribution in [2.75, 3.05) is 4.90 Å². The number of thiophene rings is 1. The zero-order valence-electron chi connectivity index (χ0n) is 29.8. The minimum Gasteiger partial charge on any atom is -0.456 e. The zero-order valence-corrected chi connectivity index (χ0v) is 30.6. The third-order valence-electron chi connectivity index (χ3n) is 10.9. The topological polar surface area (TPSA) is 16.4 Å². The molecule has 9 aromatic carbocycles. The molecule has 0 N–H and O–H groups in total. The van der Waals surface area contributed by atoms with E-state index in [1.165, 1.54) is 58.8 Å². The first-order valence-corrected chi connectivity index (χ1v) is 19.5. The van der Waals surface area contributed by atoms with E-state index >= 15 is 0 Å². The molecule has 0 bridgehead atoms. The van der Waals surface area contributed by atoms with Crippen LogP contribution in [0.1, 0.15) is 0 Å². The summed E-state index contributed by atoms with van der Waals surface area (Å²) in [7, 11) is 0. The number of benzene rings is 9. The third-order valence-corrected chi connectivity index (χ3v) is 12.0. The second-order valence-electron chi connectivity index (χ2n) is 14.0. The summed E-state index contributed by atoms with van der Waals surface area (Å²) in [4.78, 5) is 2.43. The lowest BCUT2D eigenvalue weighted by atomic mass is 9.91. The smallest absolute Gasteiger partial charge is 0.137 e. The summed E-state index contributed by atoms with van der Waals surface area (Å²) < 4.78 is 9.11. The van der Waals surface area contributed by atoms with Gasteiger partial charge in [-0.2, -0.15) is 0 Å². The molecule has 0 aliphatic carbocycles. The van der Waals surface area contributed by atoms with E-state index in [9.17, 15) is 0 Å². The SMILES string of the molecule is c1ccc(-c2ccccc2N(c2ccc3c(c2)oc2ccccc23)c2ccccc2-c2cccc3sc4ccccc4c23)c(-c2ccc3ccccc3c2)c1. The van der Waals surface area contributed by atoms with Gasteiger partial charge >= 0.3 is 0 Å². The van der Waals surface area contributed by atoms with Crippen LogP contribution in [0.25, 0.3) is 86.3 Å². The maximum atomic E-state index is 6.53. The maximum Gasteiger partial charge on any atom is 0.137 e. The van der Waals surface area contributed by atoms with Crippen molar-refractivity contribution in [3.63, 3.8) is 0 Å². The number of rotatable bonds is 6. The molecule has 0 aliphatic rings. The summed E-state index contributed by atoms with van der Waals surface area (Å²) in [6.07, 6.45) is 0. The minimum atomic E-state index is 0.862. The molecule has 11 rings (SSSR count). The second kappa shape index (κ2) is 12.9. The van der Waals surface area contributed by atoms with Crippen molar-refractivity contribution in [1.29, 1.82) is 0 Å². The Hall–Kier alpha value is -6.94. The normalized spacial score (nSPS) is 11.6. The number of para-hydroxylation sites is 3. The summed E-state index contributed by atoms with van der Waals surface area (Å²) in [5.74, 6) is 0. The first kappa shape index (κ1) is 31.6. The molecule has 11 aromatic rings. The number of fused-ring (bicyclic) bond motifs is 7. The minimum absolute atomic E-state index is 0.862. The third kappa shape index (κ3) is 5.24. The van der Waals surface area contributed by atoms with E-state index in [2.05, 4.69) is 193 Å². The molecule has 3 heteroatoms. The number of furan rings is 1. The Bertz CT molecular complexity index is 3240. The Balaban J connectivity index is 1.18. The molecule has 0 amide bonds. The highest BCUT2D eigenvalue weighted by Crippen LogP contribution is 2.49. The Morgan fingerprint density at radius 3 is 1.80 bits per heavy atom. The van der Waals surface area contributed by atoms with Gasteiger partial charge in [0.05, 0.1) is 11.4 Å². The van der Waals surface area contributed by atoms with Crippen molar-refractivity contribution in [2.24, 2.45) is 0 Å². The van der Waals surface area contributed by atoms with Crippen molar-refractivity contribution in [2.45, 2.75) is 0 Å². The number of hydrogen-bond acceptors (Lipinski definition) is 3. The lowest BCUT2D eigenvalue weighted by Crippen LogP contribution is -2.12. The molecule has 0 saturated heterocycles. The van der Waals surface area contributed by atoms with Crippen LogP contribution >= 0.6 is 11.3 Å². The zero-order chi connectivity index (χ0) is 36.3. The predicted molar refractivity (Wildman–Crippen MR) is 235 cm³/mol. The Morgan fingerprint density at radius 1 is 0.364 bits per heavy atom. The Morgan fingerprint density at radius 2 is 0.964 bits per heavy atom. The first-order valence-electron chi connectivity index (χ1n) is 18.7. The van der Waals surface area contributed by atoms with E-state index < -0.39 is 0 Å². The summed E-state index contributed by atoms with van der Waals surface area (Å²) in [5, 5.41) is 7.27. The number of hydrogen-bond donors (Lipinski definition) is 0. The van der Waals surface area contributed by atoms with Crippen LogP contribution in [0.2, 0.25) is 0 Å². The van der Waals surface area contributed by atoms with Crippen LogP contribution < -0.4 is 4.90 Å². The number of nitrogens with zero attached hydrogens (tertiary/aromatic N) is 1. The Kier molecular flexibility index (Phi) is 7.39. The van der Waals surface area contributed by atoms with E-state index in [0.29, 0.717) is 0 Å². The first-order chi connectivity index (χ1) is 27.3. The summed E-state index contributed by atoms with van der Waals surface area (Å²) in [6.45, 7) is 0. The molecule has 0 atom stereocenters. The van der Waals surface area contributed by atoms with Gasteiger partial charge in [-0.3, -0.25) is 0 Å². The lowest BCUT2D eigenvalue weighted by Gasteiger charge is -2.30. The molecule has 2 heterocycles. The van der Waals surface area contributed by atoms with Crippen LogP contribution in [0.15, 0.2) is 205 Å². The van der Waals surface area contributed by atoms with Gasteiger partial charge in [-0.15, -0.1) is 11.3 Å². The van der Waals surface area contributed by atoms with Crippen molar-refractivity contribution >= 4 is 81.3 Å². The van der Waals surface area contributed by atoms with E-state index in [4.69, 9.17) is 4.42 Å². The molecular formula is C52H33NOS. The van der Waals surface area contributed by atoms with Gasteiger partial charge in [0.25, 0.3) is 0 Å².